The Morgan fingerprint density at radius 1 is 1.25 bits per heavy atom. The maximum atomic E-state index is 14.0. The molecule has 1 aliphatic heterocycles. The van der Waals surface area contributed by atoms with Crippen LogP contribution in [0.25, 0.3) is 0 Å². The summed E-state index contributed by atoms with van der Waals surface area (Å²) in [6.45, 7) is -0.0229. The van der Waals surface area contributed by atoms with E-state index in [1.165, 1.54) is 4.90 Å². The lowest BCUT2D eigenvalue weighted by molar-refractivity contribution is -0.215. The molecule has 2 aliphatic rings. The van der Waals surface area contributed by atoms with Crippen LogP contribution in [0.3, 0.4) is 0 Å². The number of para-hydroxylation sites is 1. The highest BCUT2D eigenvalue weighted by atomic mass is 19.3. The summed E-state index contributed by atoms with van der Waals surface area (Å²) in [5.74, 6) is -5.92. The normalized spacial score (nSPS) is 19.2. The molecule has 2 N–H and O–H groups in total. The van der Waals surface area contributed by atoms with Crippen LogP contribution >= 0.6 is 0 Å². The highest BCUT2D eigenvalue weighted by molar-refractivity contribution is 5.98. The molecule has 0 radical (unpaired) electrons. The third-order valence-corrected chi connectivity index (χ3v) is 4.86. The van der Waals surface area contributed by atoms with Gasteiger partial charge in [-0.2, -0.15) is 8.78 Å². The van der Waals surface area contributed by atoms with Crippen LogP contribution in [0.5, 0.6) is 0 Å². The average molecular weight is 338 g/mol. The minimum Gasteiger partial charge on any atom is -0.383 e. The zero-order valence-electron chi connectivity index (χ0n) is 13.2. The van der Waals surface area contributed by atoms with Crippen LogP contribution < -0.4 is 10.2 Å². The van der Waals surface area contributed by atoms with Gasteiger partial charge in [0, 0.05) is 12.2 Å². The molecule has 0 aromatic heterocycles. The number of carbonyl (C=O) groups is 2. The van der Waals surface area contributed by atoms with E-state index in [0.717, 1.165) is 24.1 Å². The smallest absolute Gasteiger partial charge is 0.352 e. The molecule has 1 heterocycles. The molecule has 1 aliphatic carbocycles. The Bertz CT molecular complexity index is 659. The van der Waals surface area contributed by atoms with E-state index in [1.54, 1.807) is 6.07 Å². The Hall–Kier alpha value is -2.02. The van der Waals surface area contributed by atoms with Gasteiger partial charge in [-0.25, -0.2) is 0 Å². The lowest BCUT2D eigenvalue weighted by Gasteiger charge is -2.41. The maximum Gasteiger partial charge on any atom is 0.352 e. The number of nitrogens with one attached hydrogen (secondary N) is 1. The van der Waals surface area contributed by atoms with E-state index in [-0.39, 0.29) is 12.8 Å². The summed E-state index contributed by atoms with van der Waals surface area (Å²) in [4.78, 5) is 25.6. The first-order valence-electron chi connectivity index (χ1n) is 8.12. The number of aliphatic hydroxyl groups is 1. The summed E-state index contributed by atoms with van der Waals surface area (Å²) < 4.78 is 28.0. The molecular formula is C17H20F2N2O3. The number of alkyl halides is 2. The number of halogens is 2. The van der Waals surface area contributed by atoms with Gasteiger partial charge in [0.25, 0.3) is 5.91 Å². The predicted molar refractivity (Wildman–Crippen MR) is 83.9 cm³/mol. The van der Waals surface area contributed by atoms with Gasteiger partial charge in [-0.3, -0.25) is 9.59 Å². The zero-order valence-corrected chi connectivity index (χ0v) is 13.2. The van der Waals surface area contributed by atoms with Crippen LogP contribution in [-0.2, 0) is 16.0 Å². The molecule has 0 unspecified atom stereocenters. The third-order valence-electron chi connectivity index (χ3n) is 4.86. The second kappa shape index (κ2) is 6.12. The van der Waals surface area contributed by atoms with Crippen LogP contribution in [-0.4, -0.2) is 41.5 Å². The second-order valence-corrected chi connectivity index (χ2v) is 6.42. The van der Waals surface area contributed by atoms with E-state index < -0.39 is 29.9 Å². The molecule has 24 heavy (non-hydrogen) atoms. The molecule has 1 aromatic rings. The standard InChI is InChI=1S/C17H20F2N2O3/c18-17(19,16(24)8-4-9-16)15(23)20-11-14(22)21-10-3-6-12-5-1-2-7-13(12)21/h1-2,5,7,24H,3-4,6,8-11H2,(H,20,23). The number of hydrogen-bond acceptors (Lipinski definition) is 3. The molecule has 1 saturated carbocycles. The van der Waals surface area contributed by atoms with Crippen molar-refractivity contribution in [1.82, 2.24) is 5.32 Å². The van der Waals surface area contributed by atoms with Gasteiger partial charge in [0.2, 0.25) is 5.91 Å². The number of fused-ring (bicyclic) bond motifs is 1. The number of carbonyl (C=O) groups excluding carboxylic acids is 2. The summed E-state index contributed by atoms with van der Waals surface area (Å²) in [6, 6.07) is 7.42. The van der Waals surface area contributed by atoms with Crippen LogP contribution in [0.15, 0.2) is 24.3 Å². The molecular weight excluding hydrogens is 318 g/mol. The minimum absolute atomic E-state index is 0.110. The lowest BCUT2D eigenvalue weighted by atomic mass is 9.75. The number of hydrogen-bond donors (Lipinski definition) is 2. The van der Waals surface area contributed by atoms with Crippen molar-refractivity contribution in [3.8, 4) is 0 Å². The van der Waals surface area contributed by atoms with Gasteiger partial charge < -0.3 is 15.3 Å². The van der Waals surface area contributed by atoms with Gasteiger partial charge in [0.1, 0.15) is 5.60 Å². The number of nitrogens with zero attached hydrogens (tertiary/aromatic N) is 1. The summed E-state index contributed by atoms with van der Waals surface area (Å²) in [5.41, 5.74) is -0.498. The average Bonchev–Trinajstić information content (AvgIpc) is 2.56. The van der Waals surface area contributed by atoms with Crippen molar-refractivity contribution < 1.29 is 23.5 Å². The number of rotatable bonds is 4. The highest BCUT2D eigenvalue weighted by Gasteiger charge is 2.61. The number of anilines is 1. The first kappa shape index (κ1) is 16.8. The molecule has 2 amide bonds. The van der Waals surface area contributed by atoms with Crippen molar-refractivity contribution >= 4 is 17.5 Å². The Morgan fingerprint density at radius 3 is 2.62 bits per heavy atom. The largest absolute Gasteiger partial charge is 0.383 e. The Balaban J connectivity index is 1.63. The van der Waals surface area contributed by atoms with Gasteiger partial charge in [-0.1, -0.05) is 18.2 Å². The van der Waals surface area contributed by atoms with Crippen molar-refractivity contribution in [3.63, 3.8) is 0 Å². The third kappa shape index (κ3) is 2.77. The maximum absolute atomic E-state index is 14.0. The molecule has 0 spiro atoms. The summed E-state index contributed by atoms with van der Waals surface area (Å²) in [6.07, 6.45) is 1.88. The molecule has 1 aromatic carbocycles. The van der Waals surface area contributed by atoms with Gasteiger partial charge in [-0.05, 0) is 43.7 Å². The van der Waals surface area contributed by atoms with E-state index in [0.29, 0.717) is 13.0 Å². The first-order chi connectivity index (χ1) is 11.3. The first-order valence-corrected chi connectivity index (χ1v) is 8.12. The molecule has 0 bridgehead atoms. The van der Waals surface area contributed by atoms with E-state index in [2.05, 4.69) is 0 Å². The highest BCUT2D eigenvalue weighted by Crippen LogP contribution is 2.44. The van der Waals surface area contributed by atoms with E-state index in [4.69, 9.17) is 0 Å². The van der Waals surface area contributed by atoms with Gasteiger partial charge in [0.15, 0.2) is 0 Å². The Kier molecular flexibility index (Phi) is 4.29. The van der Waals surface area contributed by atoms with Gasteiger partial charge in [0.05, 0.1) is 6.54 Å². The molecule has 7 heteroatoms. The number of aryl methyl sites for hydroxylation is 1. The van der Waals surface area contributed by atoms with Crippen LogP contribution in [0.2, 0.25) is 0 Å². The molecule has 1 fully saturated rings. The fraction of sp³-hybridized carbons (Fsp3) is 0.529. The molecule has 0 saturated heterocycles. The number of benzene rings is 1. The molecule has 5 nitrogen and oxygen atoms in total. The molecule has 130 valence electrons. The fourth-order valence-corrected chi connectivity index (χ4v) is 3.19. The lowest BCUT2D eigenvalue weighted by Crippen LogP contribution is -2.61. The van der Waals surface area contributed by atoms with Crippen molar-refractivity contribution in [3.05, 3.63) is 29.8 Å². The number of amides is 2. The van der Waals surface area contributed by atoms with Gasteiger partial charge in [-0.15, -0.1) is 0 Å². The topological polar surface area (TPSA) is 69.6 Å². The van der Waals surface area contributed by atoms with Crippen LogP contribution in [0, 0.1) is 0 Å². The van der Waals surface area contributed by atoms with E-state index in [9.17, 15) is 23.5 Å². The summed E-state index contributed by atoms with van der Waals surface area (Å²) in [7, 11) is 0. The van der Waals surface area contributed by atoms with Crippen molar-refractivity contribution in [2.75, 3.05) is 18.0 Å². The van der Waals surface area contributed by atoms with Crippen molar-refractivity contribution in [2.45, 2.75) is 43.6 Å². The van der Waals surface area contributed by atoms with Crippen LogP contribution in [0.4, 0.5) is 14.5 Å². The molecule has 3 rings (SSSR count). The van der Waals surface area contributed by atoms with Crippen LogP contribution in [0.1, 0.15) is 31.2 Å². The second-order valence-electron chi connectivity index (χ2n) is 6.42. The predicted octanol–water partition coefficient (Wildman–Crippen LogP) is 1.63. The fourth-order valence-electron chi connectivity index (χ4n) is 3.19. The minimum atomic E-state index is -3.88. The van der Waals surface area contributed by atoms with Crippen molar-refractivity contribution in [1.29, 1.82) is 0 Å². The summed E-state index contributed by atoms with van der Waals surface area (Å²) in [5, 5.41) is 11.7. The monoisotopic (exact) mass is 338 g/mol. The Labute approximate surface area is 138 Å². The Morgan fingerprint density at radius 2 is 1.96 bits per heavy atom. The van der Waals surface area contributed by atoms with E-state index >= 15 is 0 Å². The van der Waals surface area contributed by atoms with Gasteiger partial charge >= 0.3 is 5.92 Å². The summed E-state index contributed by atoms with van der Waals surface area (Å²) >= 11 is 0. The van der Waals surface area contributed by atoms with E-state index in [1.807, 2.05) is 23.5 Å². The molecule has 0 atom stereocenters. The van der Waals surface area contributed by atoms with Crippen molar-refractivity contribution in [2.24, 2.45) is 0 Å². The quantitative estimate of drug-likeness (QED) is 0.877. The SMILES string of the molecule is O=C(CNC(=O)C(F)(F)C1(O)CCC1)N1CCCc2ccccc21. The zero-order chi connectivity index (χ0) is 17.4.